The molecule has 1 aromatic rings. The van der Waals surface area contributed by atoms with E-state index in [1.807, 2.05) is 25.6 Å². The predicted octanol–water partition coefficient (Wildman–Crippen LogP) is 5.47. The third-order valence-electron chi connectivity index (χ3n) is 2.39. The van der Waals surface area contributed by atoms with Gasteiger partial charge in [0.05, 0.1) is 0 Å². The van der Waals surface area contributed by atoms with Crippen molar-refractivity contribution >= 4 is 11.8 Å². The number of hydrogen-bond donors (Lipinski definition) is 0. The maximum Gasteiger partial charge on any atom is 0.0353 e. The molecular weight excluding hydrogens is 212 g/mol. The number of hydrogen-bond acceptors (Lipinski definition) is 1. The van der Waals surface area contributed by atoms with Crippen molar-refractivity contribution < 1.29 is 0 Å². The van der Waals surface area contributed by atoms with E-state index in [1.165, 1.54) is 16.0 Å². The quantitative estimate of drug-likeness (QED) is 0.495. The van der Waals surface area contributed by atoms with E-state index >= 15 is 0 Å². The van der Waals surface area contributed by atoms with Crippen LogP contribution in [0.5, 0.6) is 0 Å². The van der Waals surface area contributed by atoms with Gasteiger partial charge < -0.3 is 0 Å². The fourth-order valence-electron chi connectivity index (χ4n) is 1.06. The van der Waals surface area contributed by atoms with Gasteiger partial charge in [0.1, 0.15) is 0 Å². The summed E-state index contributed by atoms with van der Waals surface area (Å²) in [5.74, 6) is 0. The number of benzene rings is 1. The van der Waals surface area contributed by atoms with Crippen LogP contribution in [-0.2, 0) is 0 Å². The first-order chi connectivity index (χ1) is 7.42. The first kappa shape index (κ1) is 15.3. The maximum atomic E-state index is 4.02. The van der Waals surface area contributed by atoms with Crippen molar-refractivity contribution in [3.63, 3.8) is 0 Å². The zero-order chi connectivity index (χ0) is 12.8. The van der Waals surface area contributed by atoms with Crippen LogP contribution in [0.3, 0.4) is 0 Å². The van der Waals surface area contributed by atoms with E-state index in [4.69, 9.17) is 0 Å². The van der Waals surface area contributed by atoms with Gasteiger partial charge in [-0.15, -0.1) is 11.8 Å². The molecule has 0 spiro atoms. The van der Waals surface area contributed by atoms with Crippen LogP contribution in [-0.4, -0.2) is 4.75 Å². The summed E-state index contributed by atoms with van der Waals surface area (Å²) in [6.45, 7) is 16.7. The topological polar surface area (TPSA) is 0 Å². The number of rotatable bonds is 3. The molecule has 0 aliphatic carbocycles. The van der Waals surface area contributed by atoms with Crippen molar-refractivity contribution in [3.05, 3.63) is 42.0 Å². The fourth-order valence-corrected chi connectivity index (χ4v) is 2.22. The van der Waals surface area contributed by atoms with E-state index in [1.54, 1.807) is 0 Å². The second kappa shape index (κ2) is 6.80. The van der Waals surface area contributed by atoms with Crippen molar-refractivity contribution in [2.45, 2.75) is 51.2 Å². The average Bonchev–Trinajstić information content (AvgIpc) is 2.19. The summed E-state index contributed by atoms with van der Waals surface area (Å²) in [5, 5.41) is 0. The lowest BCUT2D eigenvalue weighted by Crippen LogP contribution is -2.14. The van der Waals surface area contributed by atoms with Gasteiger partial charge in [-0.1, -0.05) is 43.7 Å². The summed E-state index contributed by atoms with van der Waals surface area (Å²) in [6.07, 6.45) is 0. The Morgan fingerprint density at radius 3 is 2.25 bits per heavy atom. The summed E-state index contributed by atoms with van der Waals surface area (Å²) >= 11 is 1.87. The van der Waals surface area contributed by atoms with E-state index in [-0.39, 0.29) is 4.75 Å². The molecule has 16 heavy (non-hydrogen) atoms. The minimum Gasteiger partial charge on any atom is -0.115 e. The molecule has 0 amide bonds. The minimum atomic E-state index is 0.119. The van der Waals surface area contributed by atoms with Crippen molar-refractivity contribution in [2.24, 2.45) is 0 Å². The Kier molecular flexibility index (Phi) is 6.51. The second-order valence-corrected chi connectivity index (χ2v) is 5.91. The molecule has 0 atom stereocenters. The monoisotopic (exact) mass is 236 g/mol. The van der Waals surface area contributed by atoms with Gasteiger partial charge >= 0.3 is 0 Å². The molecular formula is C15H24S. The third kappa shape index (κ3) is 4.89. The van der Waals surface area contributed by atoms with Crippen LogP contribution in [0, 0.1) is 6.92 Å². The Morgan fingerprint density at radius 1 is 1.25 bits per heavy atom. The van der Waals surface area contributed by atoms with Crippen molar-refractivity contribution in [2.75, 3.05) is 0 Å². The highest BCUT2D eigenvalue weighted by molar-refractivity contribution is 8.00. The van der Waals surface area contributed by atoms with Crippen molar-refractivity contribution in [1.29, 1.82) is 0 Å². The molecule has 90 valence electrons. The molecule has 0 aliphatic heterocycles. The molecule has 0 bridgehead atoms. The van der Waals surface area contributed by atoms with Gasteiger partial charge in [-0.2, -0.15) is 0 Å². The molecule has 0 heterocycles. The Morgan fingerprint density at radius 2 is 1.81 bits per heavy atom. The number of aryl methyl sites for hydroxylation is 1. The molecule has 0 aromatic heterocycles. The van der Waals surface area contributed by atoms with Crippen molar-refractivity contribution in [3.8, 4) is 0 Å². The lowest BCUT2D eigenvalue weighted by molar-refractivity contribution is 0.836. The summed E-state index contributed by atoms with van der Waals surface area (Å²) < 4.78 is 0.119. The molecule has 0 unspecified atom stereocenters. The molecule has 0 saturated heterocycles. The fraction of sp³-hybridized carbons (Fsp3) is 0.467. The standard InChI is InChI=1S/C13H18S.C2H6/c1-10(2)13(4,5)14-12-8-6-7-11(3)9-12;1-2/h6-9H,1H2,2-5H3;1-2H3. The minimum absolute atomic E-state index is 0.119. The molecule has 0 saturated carbocycles. The van der Waals surface area contributed by atoms with Crippen LogP contribution in [0.25, 0.3) is 0 Å². The molecule has 1 rings (SSSR count). The second-order valence-electron chi connectivity index (χ2n) is 4.21. The molecule has 0 N–H and O–H groups in total. The lowest BCUT2D eigenvalue weighted by Gasteiger charge is -2.24. The van der Waals surface area contributed by atoms with Crippen LogP contribution in [0.15, 0.2) is 41.3 Å². The smallest absolute Gasteiger partial charge is 0.0353 e. The molecule has 1 heteroatoms. The lowest BCUT2D eigenvalue weighted by atomic mass is 10.1. The predicted molar refractivity (Wildman–Crippen MR) is 77.3 cm³/mol. The maximum absolute atomic E-state index is 4.02. The Balaban J connectivity index is 0.00000106. The highest BCUT2D eigenvalue weighted by atomic mass is 32.2. The van der Waals surface area contributed by atoms with Crippen molar-refractivity contribution in [1.82, 2.24) is 0 Å². The molecule has 0 fully saturated rings. The highest BCUT2D eigenvalue weighted by Crippen LogP contribution is 2.37. The summed E-state index contributed by atoms with van der Waals surface area (Å²) in [5.41, 5.74) is 2.52. The average molecular weight is 236 g/mol. The molecule has 0 aliphatic rings. The van der Waals surface area contributed by atoms with E-state index in [2.05, 4.69) is 58.5 Å². The van der Waals surface area contributed by atoms with E-state index < -0.39 is 0 Å². The van der Waals surface area contributed by atoms with Gasteiger partial charge in [0, 0.05) is 9.64 Å². The van der Waals surface area contributed by atoms with Crippen LogP contribution in [0.1, 0.15) is 40.2 Å². The third-order valence-corrected chi connectivity index (χ3v) is 3.74. The van der Waals surface area contributed by atoms with Gasteiger partial charge in [-0.05, 0) is 39.8 Å². The first-order valence-corrected chi connectivity index (χ1v) is 6.65. The van der Waals surface area contributed by atoms with Gasteiger partial charge in [0.2, 0.25) is 0 Å². The Hall–Kier alpha value is -0.690. The highest BCUT2D eigenvalue weighted by Gasteiger charge is 2.19. The van der Waals surface area contributed by atoms with Crippen LogP contribution >= 0.6 is 11.8 Å². The van der Waals surface area contributed by atoms with Crippen LogP contribution in [0.4, 0.5) is 0 Å². The van der Waals surface area contributed by atoms with Crippen LogP contribution in [0.2, 0.25) is 0 Å². The van der Waals surface area contributed by atoms with E-state index in [0.717, 1.165) is 0 Å². The Labute approximate surface area is 105 Å². The Bertz CT molecular complexity index is 337. The largest absolute Gasteiger partial charge is 0.115 e. The van der Waals surface area contributed by atoms with Gasteiger partial charge in [0.15, 0.2) is 0 Å². The zero-order valence-corrected chi connectivity index (χ0v) is 12.2. The summed E-state index contributed by atoms with van der Waals surface area (Å²) in [6, 6.07) is 8.60. The molecule has 0 radical (unpaired) electrons. The number of thioether (sulfide) groups is 1. The van der Waals surface area contributed by atoms with Gasteiger partial charge in [0.25, 0.3) is 0 Å². The van der Waals surface area contributed by atoms with Gasteiger partial charge in [-0.25, -0.2) is 0 Å². The van der Waals surface area contributed by atoms with E-state index in [0.29, 0.717) is 0 Å². The zero-order valence-electron chi connectivity index (χ0n) is 11.4. The SMILES string of the molecule is C=C(C)C(C)(C)Sc1cccc(C)c1.CC. The van der Waals surface area contributed by atoms with E-state index in [9.17, 15) is 0 Å². The van der Waals surface area contributed by atoms with Gasteiger partial charge in [-0.3, -0.25) is 0 Å². The first-order valence-electron chi connectivity index (χ1n) is 5.83. The van der Waals surface area contributed by atoms with Crippen LogP contribution < -0.4 is 0 Å². The molecule has 1 aromatic carbocycles. The summed E-state index contributed by atoms with van der Waals surface area (Å²) in [4.78, 5) is 1.32. The summed E-state index contributed by atoms with van der Waals surface area (Å²) in [7, 11) is 0. The normalized spacial score (nSPS) is 10.4. The molecule has 0 nitrogen and oxygen atoms in total.